The fourth-order valence-corrected chi connectivity index (χ4v) is 1.61. The van der Waals surface area contributed by atoms with Crippen LogP contribution >= 0.6 is 0 Å². The SMILES string of the molecule is C=C/C(N)=C/C=C(\C)CC(C)CC(C)(F)F. The second-order valence-corrected chi connectivity index (χ2v) is 4.47. The fourth-order valence-electron chi connectivity index (χ4n) is 1.61. The van der Waals surface area contributed by atoms with E-state index in [0.29, 0.717) is 12.1 Å². The van der Waals surface area contributed by atoms with E-state index >= 15 is 0 Å². The van der Waals surface area contributed by atoms with Crippen molar-refractivity contribution in [2.45, 2.75) is 39.5 Å². The van der Waals surface area contributed by atoms with Gasteiger partial charge in [-0.2, -0.15) is 0 Å². The van der Waals surface area contributed by atoms with E-state index in [2.05, 4.69) is 6.58 Å². The Morgan fingerprint density at radius 3 is 2.44 bits per heavy atom. The van der Waals surface area contributed by atoms with E-state index in [1.807, 2.05) is 19.9 Å². The minimum Gasteiger partial charge on any atom is -0.399 e. The molecule has 0 rings (SSSR count). The summed E-state index contributed by atoms with van der Waals surface area (Å²) in [6, 6.07) is 0. The summed E-state index contributed by atoms with van der Waals surface area (Å²) in [5.41, 5.74) is 7.15. The van der Waals surface area contributed by atoms with Crippen LogP contribution in [0.1, 0.15) is 33.6 Å². The predicted molar refractivity (Wildman–Crippen MR) is 65.2 cm³/mol. The van der Waals surface area contributed by atoms with Crippen LogP contribution in [0.2, 0.25) is 0 Å². The maximum absolute atomic E-state index is 12.7. The largest absolute Gasteiger partial charge is 0.399 e. The monoisotopic (exact) mass is 229 g/mol. The lowest BCUT2D eigenvalue weighted by Gasteiger charge is -2.16. The summed E-state index contributed by atoms with van der Waals surface area (Å²) in [6.45, 7) is 8.23. The third-order valence-corrected chi connectivity index (χ3v) is 2.17. The normalized spacial score (nSPS) is 16.1. The van der Waals surface area contributed by atoms with Gasteiger partial charge in [0.2, 0.25) is 5.92 Å². The van der Waals surface area contributed by atoms with Crippen molar-refractivity contribution in [3.8, 4) is 0 Å². The Morgan fingerprint density at radius 2 is 2.00 bits per heavy atom. The van der Waals surface area contributed by atoms with Gasteiger partial charge in [-0.3, -0.25) is 0 Å². The van der Waals surface area contributed by atoms with E-state index in [1.165, 1.54) is 0 Å². The minimum absolute atomic E-state index is 0.0328. The molecular formula is C13H21F2N. The molecular weight excluding hydrogens is 208 g/mol. The van der Waals surface area contributed by atoms with Crippen molar-refractivity contribution >= 4 is 0 Å². The molecule has 0 spiro atoms. The molecule has 1 nitrogen and oxygen atoms in total. The van der Waals surface area contributed by atoms with Crippen molar-refractivity contribution in [2.24, 2.45) is 11.7 Å². The zero-order valence-corrected chi connectivity index (χ0v) is 10.3. The number of allylic oxidation sites excluding steroid dienone is 4. The molecule has 0 amide bonds. The lowest BCUT2D eigenvalue weighted by Crippen LogP contribution is -2.14. The molecule has 92 valence electrons. The zero-order valence-electron chi connectivity index (χ0n) is 10.3. The first-order valence-corrected chi connectivity index (χ1v) is 5.38. The Morgan fingerprint density at radius 1 is 1.44 bits per heavy atom. The number of rotatable bonds is 6. The van der Waals surface area contributed by atoms with E-state index in [9.17, 15) is 8.78 Å². The van der Waals surface area contributed by atoms with Crippen LogP contribution in [0, 0.1) is 5.92 Å². The molecule has 0 fully saturated rings. The molecule has 0 saturated heterocycles. The summed E-state index contributed by atoms with van der Waals surface area (Å²) in [5, 5.41) is 0. The molecule has 0 aliphatic carbocycles. The van der Waals surface area contributed by atoms with Gasteiger partial charge in [-0.1, -0.05) is 25.2 Å². The Balaban J connectivity index is 4.24. The van der Waals surface area contributed by atoms with Gasteiger partial charge in [0.05, 0.1) is 0 Å². The first kappa shape index (κ1) is 14.9. The first-order chi connectivity index (χ1) is 7.24. The van der Waals surface area contributed by atoms with Crippen molar-refractivity contribution in [2.75, 3.05) is 0 Å². The third-order valence-electron chi connectivity index (χ3n) is 2.17. The molecule has 0 aliphatic rings. The zero-order chi connectivity index (χ0) is 12.8. The Kier molecular flexibility index (Phi) is 6.01. The van der Waals surface area contributed by atoms with E-state index in [1.54, 1.807) is 12.2 Å². The van der Waals surface area contributed by atoms with Gasteiger partial charge < -0.3 is 5.73 Å². The van der Waals surface area contributed by atoms with Crippen LogP contribution in [-0.4, -0.2) is 5.92 Å². The van der Waals surface area contributed by atoms with Crippen LogP contribution in [0.15, 0.2) is 36.1 Å². The summed E-state index contributed by atoms with van der Waals surface area (Å²) in [6.07, 6.45) is 5.71. The highest BCUT2D eigenvalue weighted by Crippen LogP contribution is 2.26. The molecule has 16 heavy (non-hydrogen) atoms. The summed E-state index contributed by atoms with van der Waals surface area (Å²) in [4.78, 5) is 0. The lowest BCUT2D eigenvalue weighted by molar-refractivity contribution is -0.00114. The molecule has 0 radical (unpaired) electrons. The average Bonchev–Trinajstić information content (AvgIpc) is 2.10. The number of hydrogen-bond donors (Lipinski definition) is 1. The van der Waals surface area contributed by atoms with Gasteiger partial charge >= 0.3 is 0 Å². The van der Waals surface area contributed by atoms with Crippen molar-refractivity contribution in [3.05, 3.63) is 36.1 Å². The van der Waals surface area contributed by atoms with Gasteiger partial charge in [-0.25, -0.2) is 8.78 Å². The lowest BCUT2D eigenvalue weighted by atomic mass is 9.96. The van der Waals surface area contributed by atoms with E-state index < -0.39 is 5.92 Å². The molecule has 3 heteroatoms. The highest BCUT2D eigenvalue weighted by Gasteiger charge is 2.24. The van der Waals surface area contributed by atoms with Crippen molar-refractivity contribution in [1.82, 2.24) is 0 Å². The van der Waals surface area contributed by atoms with Crippen molar-refractivity contribution < 1.29 is 8.78 Å². The van der Waals surface area contributed by atoms with Crippen molar-refractivity contribution in [3.63, 3.8) is 0 Å². The average molecular weight is 229 g/mol. The summed E-state index contributed by atoms with van der Waals surface area (Å²) in [5.74, 6) is -2.62. The van der Waals surface area contributed by atoms with Crippen LogP contribution in [0.5, 0.6) is 0 Å². The molecule has 2 N–H and O–H groups in total. The summed E-state index contributed by atoms with van der Waals surface area (Å²) in [7, 11) is 0. The van der Waals surface area contributed by atoms with Crippen LogP contribution in [0.3, 0.4) is 0 Å². The van der Waals surface area contributed by atoms with Gasteiger partial charge in [0, 0.05) is 12.1 Å². The molecule has 0 aromatic heterocycles. The van der Waals surface area contributed by atoms with Gasteiger partial charge in [-0.15, -0.1) is 0 Å². The van der Waals surface area contributed by atoms with Gasteiger partial charge in [-0.05, 0) is 38.3 Å². The van der Waals surface area contributed by atoms with Crippen molar-refractivity contribution in [1.29, 1.82) is 0 Å². The molecule has 0 saturated carbocycles. The predicted octanol–water partition coefficient (Wildman–Crippen LogP) is 4.03. The van der Waals surface area contributed by atoms with E-state index in [0.717, 1.165) is 12.5 Å². The molecule has 1 unspecified atom stereocenters. The molecule has 0 bridgehead atoms. The third kappa shape index (κ3) is 8.21. The highest BCUT2D eigenvalue weighted by atomic mass is 19.3. The molecule has 0 aromatic carbocycles. The standard InChI is InChI=1S/C13H21F2N/c1-5-12(16)7-6-10(2)8-11(3)9-13(4,14)15/h5-7,11H,1,8-9,16H2,2-4H3/b10-6+,12-7-. The number of nitrogens with two attached hydrogens (primary N) is 1. The summed E-state index contributed by atoms with van der Waals surface area (Å²) >= 11 is 0. The quantitative estimate of drug-likeness (QED) is 0.684. The van der Waals surface area contributed by atoms with Gasteiger partial charge in [0.25, 0.3) is 0 Å². The van der Waals surface area contributed by atoms with Gasteiger partial charge in [0.15, 0.2) is 0 Å². The summed E-state index contributed by atoms with van der Waals surface area (Å²) < 4.78 is 25.5. The number of hydrogen-bond acceptors (Lipinski definition) is 1. The minimum atomic E-state index is -2.59. The molecule has 0 aliphatic heterocycles. The second-order valence-electron chi connectivity index (χ2n) is 4.47. The van der Waals surface area contributed by atoms with Crippen LogP contribution in [-0.2, 0) is 0 Å². The Hall–Kier alpha value is -1.12. The highest BCUT2D eigenvalue weighted by molar-refractivity contribution is 5.21. The maximum Gasteiger partial charge on any atom is 0.245 e. The van der Waals surface area contributed by atoms with Gasteiger partial charge in [0.1, 0.15) is 0 Å². The van der Waals surface area contributed by atoms with E-state index in [4.69, 9.17) is 5.73 Å². The Labute approximate surface area is 96.7 Å². The van der Waals surface area contributed by atoms with E-state index in [-0.39, 0.29) is 12.3 Å². The second kappa shape index (κ2) is 6.46. The fraction of sp³-hybridized carbons (Fsp3) is 0.538. The maximum atomic E-state index is 12.7. The molecule has 1 atom stereocenters. The molecule has 0 heterocycles. The number of halogens is 2. The Bertz CT molecular complexity index is 285. The number of alkyl halides is 2. The first-order valence-electron chi connectivity index (χ1n) is 5.38. The van der Waals surface area contributed by atoms with Crippen LogP contribution < -0.4 is 5.73 Å². The molecule has 0 aromatic rings. The topological polar surface area (TPSA) is 26.0 Å². The smallest absolute Gasteiger partial charge is 0.245 e. The van der Waals surface area contributed by atoms with Crippen LogP contribution in [0.25, 0.3) is 0 Å². The van der Waals surface area contributed by atoms with Crippen LogP contribution in [0.4, 0.5) is 8.78 Å².